The van der Waals surface area contributed by atoms with Gasteiger partial charge in [-0.05, 0) is 25.8 Å². The minimum Gasteiger partial charge on any atom is -0.375 e. The van der Waals surface area contributed by atoms with Crippen molar-refractivity contribution >= 4 is 0 Å². The zero-order valence-electron chi connectivity index (χ0n) is 15.6. The molecule has 5 nitrogen and oxygen atoms in total. The largest absolute Gasteiger partial charge is 0.375 e. The second-order valence-corrected chi connectivity index (χ2v) is 7.18. The maximum absolute atomic E-state index is 14.8. The second-order valence-electron chi connectivity index (χ2n) is 7.18. The summed E-state index contributed by atoms with van der Waals surface area (Å²) in [5, 5.41) is 3.18. The zero-order valence-corrected chi connectivity index (χ0v) is 15.6. The number of rotatable bonds is 0. The van der Waals surface area contributed by atoms with Crippen LogP contribution in [0.2, 0.25) is 0 Å². The molecule has 0 amide bonds. The molecule has 8 heteroatoms. The maximum Gasteiger partial charge on any atom is 0.298 e. The van der Waals surface area contributed by atoms with Gasteiger partial charge in [0.1, 0.15) is 24.8 Å². The zero-order chi connectivity index (χ0) is 19.3. The van der Waals surface area contributed by atoms with Gasteiger partial charge in [0, 0.05) is 24.8 Å². The Bertz CT molecular complexity index is 618. The van der Waals surface area contributed by atoms with E-state index in [-0.39, 0.29) is 24.6 Å². The Kier molecular flexibility index (Phi) is 7.10. The topological polar surface area (TPSA) is 54.5 Å². The first-order valence-corrected chi connectivity index (χ1v) is 9.62. The minimum absolute atomic E-state index is 0.195. The van der Waals surface area contributed by atoms with E-state index >= 15 is 0 Å². The number of alkyl halides is 2. The summed E-state index contributed by atoms with van der Waals surface area (Å²) in [5.41, 5.74) is 5.50. The number of hydrazine groups is 1. The van der Waals surface area contributed by atoms with Crippen LogP contribution in [0.25, 0.3) is 0 Å². The van der Waals surface area contributed by atoms with E-state index in [4.69, 9.17) is 9.47 Å². The highest BCUT2D eigenvalue weighted by Crippen LogP contribution is 2.33. The van der Waals surface area contributed by atoms with Crippen molar-refractivity contribution in [1.29, 1.82) is 0 Å². The molecule has 1 unspecified atom stereocenters. The first-order chi connectivity index (χ1) is 13.0. The van der Waals surface area contributed by atoms with Crippen molar-refractivity contribution in [3.05, 3.63) is 35.1 Å². The number of nitrogens with one attached hydrogen (secondary N) is 3. The second kappa shape index (κ2) is 9.34. The predicted octanol–water partition coefficient (Wildman–Crippen LogP) is 3.33. The highest BCUT2D eigenvalue weighted by atomic mass is 19.3. The molecule has 3 atom stereocenters. The van der Waals surface area contributed by atoms with Gasteiger partial charge in [0.25, 0.3) is 5.92 Å². The summed E-state index contributed by atoms with van der Waals surface area (Å²) in [6.45, 7) is 1.83. The van der Waals surface area contributed by atoms with E-state index in [9.17, 15) is 13.2 Å². The van der Waals surface area contributed by atoms with Crippen LogP contribution in [-0.2, 0) is 15.4 Å². The van der Waals surface area contributed by atoms with E-state index in [1.165, 1.54) is 12.1 Å². The number of fused-ring (bicyclic) bond motifs is 3. The molecule has 2 bridgehead atoms. The molecule has 2 aliphatic heterocycles. The molecule has 0 spiro atoms. The van der Waals surface area contributed by atoms with Crippen LogP contribution in [0.1, 0.15) is 56.2 Å². The van der Waals surface area contributed by atoms with Crippen LogP contribution in [0.15, 0.2) is 18.2 Å². The van der Waals surface area contributed by atoms with Crippen LogP contribution < -0.4 is 16.2 Å². The molecule has 1 saturated heterocycles. The molecular formula is C19H28F3N3O2. The molecule has 27 heavy (non-hydrogen) atoms. The Balaban J connectivity index is 1.76. The van der Waals surface area contributed by atoms with Gasteiger partial charge in [-0.3, -0.25) is 5.32 Å². The average molecular weight is 387 g/mol. The van der Waals surface area contributed by atoms with Crippen molar-refractivity contribution in [2.24, 2.45) is 0 Å². The molecule has 1 fully saturated rings. The summed E-state index contributed by atoms with van der Waals surface area (Å²) in [6, 6.07) is 3.64. The highest BCUT2D eigenvalue weighted by Gasteiger charge is 2.37. The number of ether oxygens (including phenoxy) is 2. The third-order valence-electron chi connectivity index (χ3n) is 5.02. The average Bonchev–Trinajstić information content (AvgIpc) is 2.62. The lowest BCUT2D eigenvalue weighted by atomic mass is 10.00. The van der Waals surface area contributed by atoms with Gasteiger partial charge in [-0.2, -0.15) is 8.78 Å². The van der Waals surface area contributed by atoms with Crippen molar-refractivity contribution in [3.63, 3.8) is 0 Å². The third-order valence-corrected chi connectivity index (χ3v) is 5.02. The van der Waals surface area contributed by atoms with E-state index in [1.807, 2.05) is 0 Å². The Labute approximate surface area is 158 Å². The van der Waals surface area contributed by atoms with Gasteiger partial charge in [0.15, 0.2) is 0 Å². The molecule has 3 N–H and O–H groups in total. The van der Waals surface area contributed by atoms with Crippen LogP contribution in [0.3, 0.4) is 0 Å². The Morgan fingerprint density at radius 3 is 2.52 bits per heavy atom. The first-order valence-electron chi connectivity index (χ1n) is 9.62. The third kappa shape index (κ3) is 5.20. The molecule has 0 aliphatic carbocycles. The van der Waals surface area contributed by atoms with E-state index < -0.39 is 30.0 Å². The minimum atomic E-state index is -3.37. The van der Waals surface area contributed by atoms with Gasteiger partial charge < -0.3 is 9.47 Å². The summed E-state index contributed by atoms with van der Waals surface area (Å²) in [5.74, 6) is -4.26. The Morgan fingerprint density at radius 1 is 1.04 bits per heavy atom. The fourth-order valence-electron chi connectivity index (χ4n) is 3.35. The molecule has 2 aliphatic rings. The SMILES string of the molecule is C[C@H]1NC2NN[C@H]2OCCCCCCCOCC(F)(F)c2cccc1c2F. The molecular weight excluding hydrogens is 359 g/mol. The van der Waals surface area contributed by atoms with Crippen molar-refractivity contribution in [3.8, 4) is 0 Å². The Morgan fingerprint density at radius 2 is 1.78 bits per heavy atom. The number of benzene rings is 1. The normalized spacial score (nSPS) is 30.4. The summed E-state index contributed by atoms with van der Waals surface area (Å²) in [7, 11) is 0. The fourth-order valence-corrected chi connectivity index (χ4v) is 3.35. The van der Waals surface area contributed by atoms with Gasteiger partial charge >= 0.3 is 0 Å². The van der Waals surface area contributed by atoms with Gasteiger partial charge in [0.2, 0.25) is 0 Å². The van der Waals surface area contributed by atoms with Crippen LogP contribution in [0, 0.1) is 5.82 Å². The molecule has 0 saturated carbocycles. The predicted molar refractivity (Wildman–Crippen MR) is 95.5 cm³/mol. The van der Waals surface area contributed by atoms with E-state index in [0.717, 1.165) is 38.2 Å². The number of halogens is 3. The monoisotopic (exact) mass is 387 g/mol. The molecule has 1 aromatic carbocycles. The number of hydrogen-bond acceptors (Lipinski definition) is 5. The van der Waals surface area contributed by atoms with Gasteiger partial charge in [-0.1, -0.05) is 31.4 Å². The summed E-state index contributed by atoms with van der Waals surface area (Å²) < 4.78 is 54.7. The lowest BCUT2D eigenvalue weighted by molar-refractivity contribution is -0.0864. The first kappa shape index (κ1) is 20.5. The van der Waals surface area contributed by atoms with Gasteiger partial charge in [0.05, 0.1) is 5.56 Å². The molecule has 3 rings (SSSR count). The molecule has 1 aromatic rings. The van der Waals surface area contributed by atoms with Crippen molar-refractivity contribution in [2.75, 3.05) is 19.8 Å². The maximum atomic E-state index is 14.8. The highest BCUT2D eigenvalue weighted by molar-refractivity contribution is 5.31. The van der Waals surface area contributed by atoms with Crippen LogP contribution in [0.4, 0.5) is 13.2 Å². The van der Waals surface area contributed by atoms with Crippen molar-refractivity contribution < 1.29 is 22.6 Å². The van der Waals surface area contributed by atoms with Crippen LogP contribution in [-0.4, -0.2) is 32.2 Å². The summed E-state index contributed by atoms with van der Waals surface area (Å²) in [6.07, 6.45) is 4.17. The fraction of sp³-hybridized carbons (Fsp3) is 0.684. The lowest BCUT2D eigenvalue weighted by Crippen LogP contribution is -2.73. The molecule has 152 valence electrons. The van der Waals surface area contributed by atoms with E-state index in [1.54, 1.807) is 6.92 Å². The van der Waals surface area contributed by atoms with Crippen molar-refractivity contribution in [2.45, 2.75) is 63.4 Å². The molecule has 0 radical (unpaired) electrons. The van der Waals surface area contributed by atoms with Crippen molar-refractivity contribution in [1.82, 2.24) is 16.2 Å². The smallest absolute Gasteiger partial charge is 0.298 e. The van der Waals surface area contributed by atoms with Crippen LogP contribution in [0.5, 0.6) is 0 Å². The Hall–Kier alpha value is -1.19. The quantitative estimate of drug-likeness (QED) is 0.638. The standard InChI is InChI=1S/C19H28F3N3O2/c1-13-14-8-7-9-15(16(14)20)19(21,22)12-26-10-5-3-2-4-6-11-27-18-17(23-13)24-25-18/h7-9,13,17-18,23-25H,2-6,10-12H2,1H3/t13-,17?,18+/m1/s1. The number of hydrogen-bond donors (Lipinski definition) is 3. The summed E-state index contributed by atoms with van der Waals surface area (Å²) >= 11 is 0. The molecule has 2 heterocycles. The van der Waals surface area contributed by atoms with E-state index in [2.05, 4.69) is 16.2 Å². The van der Waals surface area contributed by atoms with Gasteiger partial charge in [-0.25, -0.2) is 15.2 Å². The van der Waals surface area contributed by atoms with Gasteiger partial charge in [-0.15, -0.1) is 0 Å². The van der Waals surface area contributed by atoms with E-state index in [0.29, 0.717) is 6.61 Å². The lowest BCUT2D eigenvalue weighted by Gasteiger charge is -2.40. The van der Waals surface area contributed by atoms with Crippen LogP contribution >= 0.6 is 0 Å². The summed E-state index contributed by atoms with van der Waals surface area (Å²) in [4.78, 5) is 0. The molecule has 0 aromatic heterocycles.